The van der Waals surface area contributed by atoms with Crippen molar-refractivity contribution in [2.24, 2.45) is 16.6 Å². The molecule has 6 N–H and O–H groups in total. The Morgan fingerprint density at radius 1 is 1.50 bits per heavy atom. The van der Waals surface area contributed by atoms with Crippen LogP contribution >= 0.6 is 0 Å². The van der Waals surface area contributed by atoms with Crippen LogP contribution in [0.2, 0.25) is 0 Å². The minimum absolute atomic E-state index is 0.106. The monoisotopic (exact) mass is 279 g/mol. The summed E-state index contributed by atoms with van der Waals surface area (Å²) in [5.74, 6) is 0.300. The lowest BCUT2D eigenvalue weighted by molar-refractivity contribution is 0.101. The van der Waals surface area contributed by atoms with Crippen LogP contribution in [0.3, 0.4) is 0 Å². The Balaban J connectivity index is 1.96. The molecular formula is C12H17N5O3. The smallest absolute Gasteiger partial charge is 0.197 e. The van der Waals surface area contributed by atoms with Gasteiger partial charge in [-0.3, -0.25) is 0 Å². The van der Waals surface area contributed by atoms with Crippen molar-refractivity contribution in [3.8, 4) is 0 Å². The van der Waals surface area contributed by atoms with E-state index in [4.69, 9.17) is 5.73 Å². The average Bonchev–Trinajstić information content (AvgIpc) is 2.91. The fraction of sp³-hybridized carbons (Fsp3) is 0.500. The number of anilines is 1. The van der Waals surface area contributed by atoms with Crippen LogP contribution in [-0.2, 0) is 0 Å². The molecule has 1 aromatic heterocycles. The lowest BCUT2D eigenvalue weighted by Gasteiger charge is -2.22. The van der Waals surface area contributed by atoms with E-state index in [1.54, 1.807) is 10.9 Å². The number of aliphatic imine (C=N–C) groups is 1. The van der Waals surface area contributed by atoms with Crippen molar-refractivity contribution in [2.75, 3.05) is 11.9 Å². The Morgan fingerprint density at radius 2 is 2.25 bits per heavy atom. The number of imidazole rings is 1. The zero-order chi connectivity index (χ0) is 14.4. The molecule has 2 unspecified atom stereocenters. The molecule has 1 aliphatic heterocycles. The number of aromatic nitrogens is 2. The number of nitrogens with zero attached hydrogens (tertiary/aromatic N) is 3. The first kappa shape index (κ1) is 13.1. The lowest BCUT2D eigenvalue weighted by atomic mass is 10.0. The Bertz CT molecular complexity index is 582. The van der Waals surface area contributed by atoms with Crippen LogP contribution in [0.25, 0.3) is 0 Å². The number of guanidine groups is 1. The highest BCUT2D eigenvalue weighted by Crippen LogP contribution is 2.41. The van der Waals surface area contributed by atoms with Gasteiger partial charge in [-0.15, -0.1) is 0 Å². The summed E-state index contributed by atoms with van der Waals surface area (Å²) in [6.07, 6.45) is 0.245. The van der Waals surface area contributed by atoms with Gasteiger partial charge in [-0.25, -0.2) is 9.98 Å². The van der Waals surface area contributed by atoms with Crippen LogP contribution in [0.15, 0.2) is 23.5 Å². The Hall–Kier alpha value is -1.90. The maximum absolute atomic E-state index is 9.96. The van der Waals surface area contributed by atoms with Crippen molar-refractivity contribution in [3.05, 3.63) is 24.2 Å². The molecule has 0 bridgehead atoms. The lowest BCUT2D eigenvalue weighted by Crippen LogP contribution is -2.29. The number of hydrogen-bond donors (Lipinski definition) is 5. The Morgan fingerprint density at radius 3 is 2.90 bits per heavy atom. The average molecular weight is 279 g/mol. The summed E-state index contributed by atoms with van der Waals surface area (Å²) in [4.78, 5) is 7.91. The predicted molar refractivity (Wildman–Crippen MR) is 71.8 cm³/mol. The molecule has 2 aliphatic rings. The van der Waals surface area contributed by atoms with Gasteiger partial charge in [0.2, 0.25) is 0 Å². The SMILES string of the molecule is C=C1C(n2cnc3c2NC(N)=NC3O)C[C@H](O)[C@H]1CO. The molecule has 2 heterocycles. The molecule has 108 valence electrons. The van der Waals surface area contributed by atoms with E-state index in [-0.39, 0.29) is 24.5 Å². The first-order valence-electron chi connectivity index (χ1n) is 6.35. The van der Waals surface area contributed by atoms with Crippen LogP contribution in [0, 0.1) is 5.92 Å². The number of rotatable bonds is 2. The summed E-state index contributed by atoms with van der Waals surface area (Å²) in [5.41, 5.74) is 6.73. The van der Waals surface area contributed by atoms with Gasteiger partial charge in [-0.2, -0.15) is 0 Å². The van der Waals surface area contributed by atoms with E-state index in [0.29, 0.717) is 17.9 Å². The Labute approximate surface area is 115 Å². The summed E-state index contributed by atoms with van der Waals surface area (Å²) in [6, 6.07) is -0.205. The normalized spacial score (nSPS) is 32.8. The molecule has 0 spiro atoms. The van der Waals surface area contributed by atoms with Crippen LogP contribution in [-0.4, -0.2) is 43.5 Å². The van der Waals surface area contributed by atoms with Crippen LogP contribution in [0.5, 0.6) is 0 Å². The summed E-state index contributed by atoms with van der Waals surface area (Å²) in [7, 11) is 0. The predicted octanol–water partition coefficient (Wildman–Crippen LogP) is -0.915. The molecule has 20 heavy (non-hydrogen) atoms. The number of nitrogens with two attached hydrogens (primary N) is 1. The first-order chi connectivity index (χ1) is 9.52. The van der Waals surface area contributed by atoms with Crippen LogP contribution < -0.4 is 11.1 Å². The zero-order valence-electron chi connectivity index (χ0n) is 10.8. The summed E-state index contributed by atoms with van der Waals surface area (Å²) in [6.45, 7) is 3.82. The van der Waals surface area contributed by atoms with Crippen LogP contribution in [0.1, 0.15) is 24.4 Å². The topological polar surface area (TPSA) is 129 Å². The molecule has 0 radical (unpaired) electrons. The molecule has 1 saturated carbocycles. The highest BCUT2D eigenvalue weighted by molar-refractivity contribution is 5.93. The van der Waals surface area contributed by atoms with Gasteiger partial charge in [0.25, 0.3) is 0 Å². The highest BCUT2D eigenvalue weighted by Gasteiger charge is 2.39. The van der Waals surface area contributed by atoms with E-state index in [0.717, 1.165) is 5.57 Å². The van der Waals surface area contributed by atoms with Crippen molar-refractivity contribution < 1.29 is 15.3 Å². The molecule has 8 heteroatoms. The summed E-state index contributed by atoms with van der Waals surface area (Å²) >= 11 is 0. The fourth-order valence-electron chi connectivity index (χ4n) is 2.85. The van der Waals surface area contributed by atoms with Gasteiger partial charge in [0.15, 0.2) is 12.2 Å². The summed E-state index contributed by atoms with van der Waals surface area (Å²) < 4.78 is 1.77. The maximum Gasteiger partial charge on any atom is 0.197 e. The number of aliphatic hydroxyl groups excluding tert-OH is 3. The minimum atomic E-state index is -1.10. The molecule has 1 aliphatic carbocycles. The molecule has 0 amide bonds. The van der Waals surface area contributed by atoms with Crippen molar-refractivity contribution in [3.63, 3.8) is 0 Å². The third-order valence-electron chi connectivity index (χ3n) is 3.94. The van der Waals surface area contributed by atoms with E-state index >= 15 is 0 Å². The van der Waals surface area contributed by atoms with Gasteiger partial charge in [0.1, 0.15) is 11.5 Å². The van der Waals surface area contributed by atoms with Gasteiger partial charge in [0, 0.05) is 5.92 Å². The van der Waals surface area contributed by atoms with Gasteiger partial charge in [-0.1, -0.05) is 6.58 Å². The Kier molecular flexibility index (Phi) is 3.00. The standard InChI is InChI=1S/C12H17N5O3/c1-5-6(3-18)8(19)2-7(5)17-4-14-9-10(17)15-12(13)16-11(9)20/h4,6-8,11,18-20H,1-3H2,(H3,13,15,16)/t6-,7?,8-,11?/m0/s1. The largest absolute Gasteiger partial charge is 0.396 e. The molecular weight excluding hydrogens is 262 g/mol. The van der Waals surface area contributed by atoms with Gasteiger partial charge >= 0.3 is 0 Å². The number of fused-ring (bicyclic) bond motifs is 1. The third kappa shape index (κ3) is 1.80. The molecule has 0 aromatic carbocycles. The van der Waals surface area contributed by atoms with Crippen molar-refractivity contribution in [1.82, 2.24) is 9.55 Å². The number of hydrogen-bond acceptors (Lipinski definition) is 7. The van der Waals surface area contributed by atoms with Crippen molar-refractivity contribution >= 4 is 11.8 Å². The maximum atomic E-state index is 9.96. The van der Waals surface area contributed by atoms with E-state index in [1.807, 2.05) is 0 Å². The molecule has 1 aromatic rings. The molecule has 4 atom stereocenters. The van der Waals surface area contributed by atoms with Crippen molar-refractivity contribution in [1.29, 1.82) is 0 Å². The van der Waals surface area contributed by atoms with E-state index in [9.17, 15) is 15.3 Å². The quantitative estimate of drug-likeness (QED) is 0.445. The number of nitrogens with one attached hydrogen (secondary N) is 1. The second kappa shape index (κ2) is 4.58. The highest BCUT2D eigenvalue weighted by atomic mass is 16.3. The first-order valence-corrected chi connectivity index (χ1v) is 6.35. The zero-order valence-corrected chi connectivity index (χ0v) is 10.8. The van der Waals surface area contributed by atoms with E-state index in [1.165, 1.54) is 0 Å². The molecule has 3 rings (SSSR count). The molecule has 8 nitrogen and oxygen atoms in total. The summed E-state index contributed by atoms with van der Waals surface area (Å²) in [5, 5.41) is 31.9. The van der Waals surface area contributed by atoms with Gasteiger partial charge < -0.3 is 30.9 Å². The van der Waals surface area contributed by atoms with Crippen molar-refractivity contribution in [2.45, 2.75) is 24.8 Å². The van der Waals surface area contributed by atoms with E-state index < -0.39 is 12.3 Å². The van der Waals surface area contributed by atoms with Gasteiger partial charge in [0.05, 0.1) is 25.1 Å². The fourth-order valence-corrected chi connectivity index (χ4v) is 2.85. The second-order valence-corrected chi connectivity index (χ2v) is 5.08. The minimum Gasteiger partial charge on any atom is -0.396 e. The molecule has 0 saturated heterocycles. The van der Waals surface area contributed by atoms with Gasteiger partial charge in [-0.05, 0) is 12.0 Å². The third-order valence-corrected chi connectivity index (χ3v) is 3.94. The molecule has 1 fully saturated rings. The second-order valence-electron chi connectivity index (χ2n) is 5.08. The number of aliphatic hydroxyl groups is 3. The van der Waals surface area contributed by atoms with Crippen LogP contribution in [0.4, 0.5) is 5.82 Å². The van der Waals surface area contributed by atoms with E-state index in [2.05, 4.69) is 21.9 Å².